The highest BCUT2D eigenvalue weighted by molar-refractivity contribution is 14.0. The van der Waals surface area contributed by atoms with Gasteiger partial charge in [-0.3, -0.25) is 9.89 Å². The lowest BCUT2D eigenvalue weighted by molar-refractivity contribution is 0.0143. The van der Waals surface area contributed by atoms with E-state index in [1.807, 2.05) is 31.2 Å². The van der Waals surface area contributed by atoms with E-state index in [4.69, 9.17) is 9.73 Å². The molecule has 7 heteroatoms. The van der Waals surface area contributed by atoms with Gasteiger partial charge in [-0.15, -0.1) is 24.0 Å². The van der Waals surface area contributed by atoms with Crippen molar-refractivity contribution in [3.8, 4) is 0 Å². The number of halogens is 1. The Morgan fingerprint density at radius 1 is 1.17 bits per heavy atom. The molecular weight excluding hydrogens is 479 g/mol. The number of benzene rings is 1. The quantitative estimate of drug-likeness (QED) is 0.267. The van der Waals surface area contributed by atoms with Crippen LogP contribution in [0.25, 0.3) is 0 Å². The van der Waals surface area contributed by atoms with Crippen LogP contribution < -0.4 is 10.6 Å². The molecule has 2 atom stereocenters. The summed E-state index contributed by atoms with van der Waals surface area (Å²) in [5.41, 5.74) is 2.11. The SMILES string of the molecule is CCNC(=NCC(CC(C)C)N1CCOCC1)NCC(O)c1ccc(C)cc1.I. The number of hydrogen-bond donors (Lipinski definition) is 3. The van der Waals surface area contributed by atoms with Crippen molar-refractivity contribution in [3.05, 3.63) is 35.4 Å². The minimum Gasteiger partial charge on any atom is -0.387 e. The lowest BCUT2D eigenvalue weighted by Crippen LogP contribution is -2.46. The van der Waals surface area contributed by atoms with E-state index in [1.54, 1.807) is 0 Å². The van der Waals surface area contributed by atoms with E-state index in [2.05, 4.69) is 36.3 Å². The van der Waals surface area contributed by atoms with Crippen LogP contribution in [0.2, 0.25) is 0 Å². The number of rotatable bonds is 9. The average molecular weight is 518 g/mol. The van der Waals surface area contributed by atoms with E-state index in [0.717, 1.165) is 57.3 Å². The zero-order valence-electron chi connectivity index (χ0n) is 18.4. The summed E-state index contributed by atoms with van der Waals surface area (Å²) >= 11 is 0. The van der Waals surface area contributed by atoms with Crippen molar-refractivity contribution in [2.24, 2.45) is 10.9 Å². The lowest BCUT2D eigenvalue weighted by atomic mass is 10.0. The number of aryl methyl sites for hydroxylation is 1. The summed E-state index contributed by atoms with van der Waals surface area (Å²) in [7, 11) is 0. The first-order chi connectivity index (χ1) is 13.5. The number of morpholine rings is 1. The molecule has 1 saturated heterocycles. The molecular formula is C22H39IN4O2. The maximum atomic E-state index is 10.5. The van der Waals surface area contributed by atoms with Crippen LogP contribution in [0.1, 0.15) is 44.4 Å². The molecule has 2 rings (SSSR count). The van der Waals surface area contributed by atoms with Gasteiger partial charge in [0.1, 0.15) is 0 Å². The summed E-state index contributed by atoms with van der Waals surface area (Å²) < 4.78 is 5.50. The Kier molecular flexibility index (Phi) is 12.8. The molecule has 0 amide bonds. The maximum absolute atomic E-state index is 10.5. The second-order valence-corrected chi connectivity index (χ2v) is 7.96. The third-order valence-corrected chi connectivity index (χ3v) is 5.03. The Labute approximate surface area is 193 Å². The number of aliphatic imine (C=N–C) groups is 1. The Morgan fingerprint density at radius 3 is 2.41 bits per heavy atom. The minimum absolute atomic E-state index is 0. The van der Waals surface area contributed by atoms with Crippen molar-refractivity contribution in [3.63, 3.8) is 0 Å². The van der Waals surface area contributed by atoms with Crippen molar-refractivity contribution in [1.82, 2.24) is 15.5 Å². The van der Waals surface area contributed by atoms with Gasteiger partial charge in [0.05, 0.1) is 25.9 Å². The van der Waals surface area contributed by atoms with Crippen LogP contribution >= 0.6 is 24.0 Å². The van der Waals surface area contributed by atoms with Crippen LogP contribution in [-0.4, -0.2) is 67.9 Å². The van der Waals surface area contributed by atoms with Crippen molar-refractivity contribution < 1.29 is 9.84 Å². The van der Waals surface area contributed by atoms with Gasteiger partial charge in [0.15, 0.2) is 5.96 Å². The first kappa shape index (κ1) is 26.1. The lowest BCUT2D eigenvalue weighted by Gasteiger charge is -2.34. The fourth-order valence-electron chi connectivity index (χ4n) is 3.46. The number of aliphatic hydroxyl groups excluding tert-OH is 1. The van der Waals surface area contributed by atoms with Gasteiger partial charge < -0.3 is 20.5 Å². The summed E-state index contributed by atoms with van der Waals surface area (Å²) in [5, 5.41) is 17.0. The molecule has 6 nitrogen and oxygen atoms in total. The van der Waals surface area contributed by atoms with Crippen molar-refractivity contribution in [2.45, 2.75) is 46.3 Å². The van der Waals surface area contributed by atoms with Gasteiger partial charge in [0.25, 0.3) is 0 Å². The molecule has 0 bridgehead atoms. The Bertz CT molecular complexity index is 589. The molecule has 29 heavy (non-hydrogen) atoms. The van der Waals surface area contributed by atoms with E-state index in [-0.39, 0.29) is 24.0 Å². The molecule has 1 fully saturated rings. The van der Waals surface area contributed by atoms with Gasteiger partial charge >= 0.3 is 0 Å². The molecule has 1 aliphatic heterocycles. The van der Waals surface area contributed by atoms with E-state index in [0.29, 0.717) is 18.5 Å². The predicted octanol–water partition coefficient (Wildman–Crippen LogP) is 2.95. The third-order valence-electron chi connectivity index (χ3n) is 5.03. The van der Waals surface area contributed by atoms with Crippen LogP contribution in [0.15, 0.2) is 29.3 Å². The fraction of sp³-hybridized carbons (Fsp3) is 0.682. The molecule has 2 unspecified atom stereocenters. The van der Waals surface area contributed by atoms with Gasteiger partial charge in [-0.05, 0) is 31.7 Å². The molecule has 3 N–H and O–H groups in total. The molecule has 166 valence electrons. The first-order valence-corrected chi connectivity index (χ1v) is 10.6. The fourth-order valence-corrected chi connectivity index (χ4v) is 3.46. The molecule has 1 aromatic rings. The zero-order valence-corrected chi connectivity index (χ0v) is 20.7. The van der Waals surface area contributed by atoms with Crippen LogP contribution in [0.4, 0.5) is 0 Å². The summed E-state index contributed by atoms with van der Waals surface area (Å²) in [5.74, 6) is 1.39. The van der Waals surface area contributed by atoms with Crippen LogP contribution in [-0.2, 0) is 4.74 Å². The number of nitrogens with zero attached hydrogens (tertiary/aromatic N) is 2. The van der Waals surface area contributed by atoms with E-state index in [1.165, 1.54) is 5.56 Å². The van der Waals surface area contributed by atoms with Crippen molar-refractivity contribution in [2.75, 3.05) is 45.9 Å². The smallest absolute Gasteiger partial charge is 0.191 e. The molecule has 1 aromatic carbocycles. The topological polar surface area (TPSA) is 69.1 Å². The number of aliphatic hydroxyl groups is 1. The Hall–Kier alpha value is -0.900. The molecule has 1 heterocycles. The van der Waals surface area contributed by atoms with E-state index in [9.17, 15) is 5.11 Å². The van der Waals surface area contributed by atoms with E-state index >= 15 is 0 Å². The second kappa shape index (κ2) is 14.2. The summed E-state index contributed by atoms with van der Waals surface area (Å²) in [6, 6.07) is 8.42. The van der Waals surface area contributed by atoms with Gasteiger partial charge in [-0.1, -0.05) is 43.7 Å². The molecule has 0 aromatic heterocycles. The number of nitrogens with one attached hydrogen (secondary N) is 2. The number of guanidine groups is 1. The summed E-state index contributed by atoms with van der Waals surface area (Å²) in [6.45, 7) is 14.2. The van der Waals surface area contributed by atoms with Gasteiger partial charge in [-0.2, -0.15) is 0 Å². The normalized spacial score (nSPS) is 17.5. The second-order valence-electron chi connectivity index (χ2n) is 7.96. The highest BCUT2D eigenvalue weighted by Crippen LogP contribution is 2.15. The largest absolute Gasteiger partial charge is 0.387 e. The minimum atomic E-state index is -0.560. The number of ether oxygens (including phenoxy) is 1. The van der Waals surface area contributed by atoms with Gasteiger partial charge in [-0.25, -0.2) is 0 Å². The Balaban J connectivity index is 0.00000420. The zero-order chi connectivity index (χ0) is 20.4. The predicted molar refractivity (Wildman–Crippen MR) is 131 cm³/mol. The summed E-state index contributed by atoms with van der Waals surface area (Å²) in [6.07, 6.45) is 0.560. The standard InChI is InChI=1S/C22H38N4O2.HI/c1-5-23-22(25-16-21(27)19-8-6-18(4)7-9-19)24-15-20(14-17(2)3)26-10-12-28-13-11-26;/h6-9,17,20-21,27H,5,10-16H2,1-4H3,(H2,23,24,25);1H. The Morgan fingerprint density at radius 2 is 1.83 bits per heavy atom. The molecule has 0 radical (unpaired) electrons. The van der Waals surface area contributed by atoms with Crippen LogP contribution in [0.5, 0.6) is 0 Å². The van der Waals surface area contributed by atoms with Crippen LogP contribution in [0, 0.1) is 12.8 Å². The van der Waals surface area contributed by atoms with Gasteiger partial charge in [0.2, 0.25) is 0 Å². The average Bonchev–Trinajstić information content (AvgIpc) is 2.69. The molecule has 1 aliphatic rings. The molecule has 0 aliphatic carbocycles. The number of hydrogen-bond acceptors (Lipinski definition) is 4. The summed E-state index contributed by atoms with van der Waals surface area (Å²) in [4.78, 5) is 7.32. The first-order valence-electron chi connectivity index (χ1n) is 10.6. The van der Waals surface area contributed by atoms with Crippen molar-refractivity contribution >= 4 is 29.9 Å². The highest BCUT2D eigenvalue weighted by Gasteiger charge is 2.22. The maximum Gasteiger partial charge on any atom is 0.191 e. The van der Waals surface area contributed by atoms with Crippen molar-refractivity contribution in [1.29, 1.82) is 0 Å². The monoisotopic (exact) mass is 518 g/mol. The van der Waals surface area contributed by atoms with Gasteiger partial charge in [0, 0.05) is 32.2 Å². The van der Waals surface area contributed by atoms with E-state index < -0.39 is 6.10 Å². The van der Waals surface area contributed by atoms with Crippen LogP contribution in [0.3, 0.4) is 0 Å². The molecule has 0 spiro atoms. The highest BCUT2D eigenvalue weighted by atomic mass is 127. The molecule has 0 saturated carbocycles. The third kappa shape index (κ3) is 9.63.